The molecule has 14 heteroatoms. The van der Waals surface area contributed by atoms with Gasteiger partial charge in [-0.1, -0.05) is 5.04 Å². The zero-order chi connectivity index (χ0) is 23.0. The van der Waals surface area contributed by atoms with E-state index >= 15 is 0 Å². The fourth-order valence-electron chi connectivity index (χ4n) is 3.19. The van der Waals surface area contributed by atoms with E-state index in [0.717, 1.165) is 35.3 Å². The average molecular weight is 461 g/mol. The molecule has 31 heavy (non-hydrogen) atoms. The van der Waals surface area contributed by atoms with E-state index in [-0.39, 0.29) is 30.3 Å². The van der Waals surface area contributed by atoms with E-state index < -0.39 is 29.8 Å². The molecule has 2 heterocycles. The molecule has 1 saturated heterocycles. The minimum Gasteiger partial charge on any atom is -0.480 e. The van der Waals surface area contributed by atoms with Crippen LogP contribution in [0.2, 0.25) is 0 Å². The van der Waals surface area contributed by atoms with Crippen molar-refractivity contribution in [3.8, 4) is 0 Å². The molecule has 1 aliphatic rings. The predicted octanol–water partition coefficient (Wildman–Crippen LogP) is -1.80. The Morgan fingerprint density at radius 3 is 2.52 bits per heavy atom. The van der Waals surface area contributed by atoms with Gasteiger partial charge in [0.2, 0.25) is 5.91 Å². The second-order valence-corrected chi connectivity index (χ2v) is 8.01. The van der Waals surface area contributed by atoms with Gasteiger partial charge in [0.15, 0.2) is 0 Å². The molecule has 0 radical (unpaired) electrons. The van der Waals surface area contributed by atoms with Crippen LogP contribution < -0.4 is 16.6 Å². The van der Waals surface area contributed by atoms with Crippen molar-refractivity contribution in [2.24, 2.45) is 0 Å². The first-order valence-electron chi connectivity index (χ1n) is 9.54. The van der Waals surface area contributed by atoms with Gasteiger partial charge in [0.05, 0.1) is 19.1 Å². The van der Waals surface area contributed by atoms with Crippen LogP contribution in [0.5, 0.6) is 0 Å². The summed E-state index contributed by atoms with van der Waals surface area (Å²) < 4.78 is 6.16. The fraction of sp³-hybridized carbons (Fsp3) is 0.647. The molecule has 13 nitrogen and oxygen atoms in total. The molecular formula is C17H27N5O8S. The van der Waals surface area contributed by atoms with Gasteiger partial charge in [-0.05, 0) is 14.0 Å². The molecule has 2 rings (SSSR count). The predicted molar refractivity (Wildman–Crippen MR) is 110 cm³/mol. The Morgan fingerprint density at radius 1 is 1.23 bits per heavy atom. The van der Waals surface area contributed by atoms with Crippen LogP contribution >= 0.6 is 12.0 Å². The van der Waals surface area contributed by atoms with Gasteiger partial charge in [-0.25, -0.2) is 10.1 Å². The lowest BCUT2D eigenvalue weighted by Crippen LogP contribution is -2.52. The lowest BCUT2D eigenvalue weighted by molar-refractivity contribution is -0.432. The van der Waals surface area contributed by atoms with Gasteiger partial charge in [0.25, 0.3) is 5.56 Å². The Hall–Kier alpha value is -2.23. The standard InChI is InChI=1S/C17H27N5O8S/c1-12-7-21(10-15(24)25)17(27)22(16(12)26)8-13(11-31-30-29-28)18-14(23)9-20-5-3-19(2)4-6-20/h7,13,28H,3-6,8-11H2,1-2H3,(H,18,23)(H,24,25). The number of carboxylic acids is 1. The zero-order valence-corrected chi connectivity index (χ0v) is 18.2. The van der Waals surface area contributed by atoms with Crippen LogP contribution in [-0.4, -0.2) is 92.7 Å². The third-order valence-electron chi connectivity index (χ3n) is 4.79. The van der Waals surface area contributed by atoms with Gasteiger partial charge >= 0.3 is 11.7 Å². The van der Waals surface area contributed by atoms with Crippen LogP contribution in [0.15, 0.2) is 15.8 Å². The number of nitrogens with zero attached hydrogens (tertiary/aromatic N) is 4. The Morgan fingerprint density at radius 2 is 1.90 bits per heavy atom. The average Bonchev–Trinajstić information content (AvgIpc) is 2.70. The zero-order valence-electron chi connectivity index (χ0n) is 17.4. The first-order chi connectivity index (χ1) is 14.7. The molecule has 0 spiro atoms. The molecule has 1 aliphatic heterocycles. The molecule has 174 valence electrons. The maximum absolute atomic E-state index is 12.6. The van der Waals surface area contributed by atoms with Crippen LogP contribution in [0.1, 0.15) is 5.56 Å². The number of carboxylic acid groups (broad SMARTS) is 1. The third kappa shape index (κ3) is 7.75. The van der Waals surface area contributed by atoms with Gasteiger partial charge in [-0.2, -0.15) is 0 Å². The van der Waals surface area contributed by atoms with Crippen molar-refractivity contribution in [2.75, 3.05) is 45.5 Å². The van der Waals surface area contributed by atoms with Crippen molar-refractivity contribution in [1.29, 1.82) is 0 Å². The molecule has 1 aromatic rings. The fourth-order valence-corrected chi connectivity index (χ4v) is 3.64. The Kier molecular flexibility index (Phi) is 9.67. The highest BCUT2D eigenvalue weighted by Crippen LogP contribution is 2.07. The molecule has 1 atom stereocenters. The highest BCUT2D eigenvalue weighted by atomic mass is 32.2. The molecule has 1 amide bonds. The Bertz CT molecular complexity index is 880. The van der Waals surface area contributed by atoms with Crippen molar-refractivity contribution in [3.05, 3.63) is 32.6 Å². The Balaban J connectivity index is 2.15. The first kappa shape index (κ1) is 25.0. The summed E-state index contributed by atoms with van der Waals surface area (Å²) in [7, 11) is 2.00. The van der Waals surface area contributed by atoms with Crippen LogP contribution in [0.3, 0.4) is 0 Å². The summed E-state index contributed by atoms with van der Waals surface area (Å²) >= 11 is 0.674. The second-order valence-electron chi connectivity index (χ2n) is 7.30. The number of amides is 1. The second kappa shape index (κ2) is 12.0. The summed E-state index contributed by atoms with van der Waals surface area (Å²) in [6, 6.07) is -0.731. The number of hydrogen-bond donors (Lipinski definition) is 3. The van der Waals surface area contributed by atoms with E-state index in [4.69, 9.17) is 10.4 Å². The molecule has 3 N–H and O–H groups in total. The monoisotopic (exact) mass is 461 g/mol. The summed E-state index contributed by atoms with van der Waals surface area (Å²) in [6.45, 7) is 3.97. The molecule has 0 aromatic carbocycles. The summed E-state index contributed by atoms with van der Waals surface area (Å²) in [5.74, 6) is -1.48. The van der Waals surface area contributed by atoms with Crippen molar-refractivity contribution in [3.63, 3.8) is 0 Å². The van der Waals surface area contributed by atoms with Crippen molar-refractivity contribution in [2.45, 2.75) is 26.1 Å². The van der Waals surface area contributed by atoms with Gasteiger partial charge in [-0.3, -0.25) is 28.4 Å². The number of likely N-dealkylation sites (N-methyl/N-ethyl adjacent to an activating group) is 1. The highest BCUT2D eigenvalue weighted by molar-refractivity contribution is 7.94. The number of aryl methyl sites for hydroxylation is 1. The topological polar surface area (TPSA) is 156 Å². The smallest absolute Gasteiger partial charge is 0.331 e. The molecule has 0 aliphatic carbocycles. The van der Waals surface area contributed by atoms with Gasteiger partial charge < -0.3 is 15.3 Å². The highest BCUT2D eigenvalue weighted by Gasteiger charge is 2.21. The van der Waals surface area contributed by atoms with E-state index in [1.807, 2.05) is 11.9 Å². The first-order valence-corrected chi connectivity index (χ1v) is 10.4. The number of aliphatic carboxylic acids is 1. The number of rotatable bonds is 11. The van der Waals surface area contributed by atoms with Crippen molar-refractivity contribution < 1.29 is 29.3 Å². The number of hydrogen-bond acceptors (Lipinski definition) is 10. The maximum atomic E-state index is 12.6. The summed E-state index contributed by atoms with van der Waals surface area (Å²) in [4.78, 5) is 52.8. The largest absolute Gasteiger partial charge is 0.480 e. The maximum Gasteiger partial charge on any atom is 0.331 e. The van der Waals surface area contributed by atoms with Crippen LogP contribution in [0, 0.1) is 6.92 Å². The van der Waals surface area contributed by atoms with Gasteiger partial charge in [0.1, 0.15) is 6.54 Å². The number of piperazine rings is 1. The SMILES string of the molecule is Cc1cn(CC(=O)O)c(=O)n(CC(CSOOO)NC(=O)CN2CCN(C)CC2)c1=O. The summed E-state index contributed by atoms with van der Waals surface area (Å²) in [6.07, 6.45) is 1.19. The number of aromatic nitrogens is 2. The van der Waals surface area contributed by atoms with Gasteiger partial charge in [-0.15, -0.1) is 4.33 Å². The van der Waals surface area contributed by atoms with Crippen molar-refractivity contribution >= 4 is 23.9 Å². The normalized spacial score (nSPS) is 16.2. The minimum absolute atomic E-state index is 0.0494. The quantitative estimate of drug-likeness (QED) is 0.148. The van der Waals surface area contributed by atoms with Crippen LogP contribution in [0.25, 0.3) is 0 Å². The van der Waals surface area contributed by atoms with Gasteiger partial charge in [0, 0.05) is 55.7 Å². The number of carbonyl (C=O) groups excluding carboxylic acids is 1. The van der Waals surface area contributed by atoms with E-state index in [0.29, 0.717) is 12.0 Å². The van der Waals surface area contributed by atoms with E-state index in [2.05, 4.69) is 19.6 Å². The van der Waals surface area contributed by atoms with Crippen LogP contribution in [0.4, 0.5) is 0 Å². The Labute approximate surface area is 182 Å². The molecule has 1 fully saturated rings. The summed E-state index contributed by atoms with van der Waals surface area (Å²) in [5.41, 5.74) is -1.21. The summed E-state index contributed by atoms with van der Waals surface area (Å²) in [5, 5.41) is 23.6. The minimum atomic E-state index is -1.23. The lowest BCUT2D eigenvalue weighted by atomic mass is 10.3. The van der Waals surface area contributed by atoms with E-state index in [1.54, 1.807) is 0 Å². The third-order valence-corrected chi connectivity index (χ3v) is 5.49. The van der Waals surface area contributed by atoms with E-state index in [1.165, 1.54) is 13.1 Å². The number of nitrogens with one attached hydrogen (secondary N) is 1. The molecule has 0 saturated carbocycles. The molecule has 0 bridgehead atoms. The van der Waals surface area contributed by atoms with E-state index in [9.17, 15) is 19.2 Å². The molecular weight excluding hydrogens is 434 g/mol. The lowest BCUT2D eigenvalue weighted by Gasteiger charge is -2.32. The molecule has 1 aromatic heterocycles. The molecule has 1 unspecified atom stereocenters. The van der Waals surface area contributed by atoms with Crippen molar-refractivity contribution in [1.82, 2.24) is 24.3 Å². The number of carbonyl (C=O) groups is 2. The van der Waals surface area contributed by atoms with Crippen LogP contribution in [-0.2, 0) is 32.1 Å².